The number of amides is 1. The van der Waals surface area contributed by atoms with Crippen LogP contribution in [0.25, 0.3) is 11.4 Å². The molecule has 2 aromatic carbocycles. The Hall–Kier alpha value is -3.48. The second kappa shape index (κ2) is 11.1. The maximum absolute atomic E-state index is 13.3. The second-order valence-electron chi connectivity index (χ2n) is 8.59. The molecule has 34 heavy (non-hydrogen) atoms. The average Bonchev–Trinajstić information content (AvgIpc) is 2.89. The van der Waals surface area contributed by atoms with Gasteiger partial charge in [-0.05, 0) is 74.7 Å². The van der Waals surface area contributed by atoms with E-state index in [0.717, 1.165) is 49.4 Å². The number of piperidine rings is 1. The molecular formula is C27H32FN5O. The van der Waals surface area contributed by atoms with Crippen LogP contribution in [0, 0.1) is 11.7 Å². The van der Waals surface area contributed by atoms with Gasteiger partial charge in [0.25, 0.3) is 0 Å². The van der Waals surface area contributed by atoms with Crippen LogP contribution in [-0.2, 0) is 11.3 Å². The van der Waals surface area contributed by atoms with Gasteiger partial charge in [0.2, 0.25) is 5.91 Å². The van der Waals surface area contributed by atoms with Crippen LogP contribution in [0.1, 0.15) is 32.3 Å². The molecule has 0 spiro atoms. The summed E-state index contributed by atoms with van der Waals surface area (Å²) in [4.78, 5) is 26.4. The Morgan fingerprint density at radius 2 is 1.82 bits per heavy atom. The lowest BCUT2D eigenvalue weighted by Gasteiger charge is -2.33. The molecule has 3 aromatic rings. The van der Waals surface area contributed by atoms with Crippen molar-refractivity contribution in [3.8, 4) is 11.4 Å². The Morgan fingerprint density at radius 3 is 2.53 bits per heavy atom. The summed E-state index contributed by atoms with van der Waals surface area (Å²) in [7, 11) is 0. The van der Waals surface area contributed by atoms with E-state index in [1.165, 1.54) is 17.8 Å². The highest BCUT2D eigenvalue weighted by Crippen LogP contribution is 2.24. The Morgan fingerprint density at radius 1 is 1.09 bits per heavy atom. The van der Waals surface area contributed by atoms with Crippen molar-refractivity contribution in [2.75, 3.05) is 36.0 Å². The number of halogens is 1. The maximum Gasteiger partial charge on any atom is 0.225 e. The Bertz CT molecular complexity index is 1080. The van der Waals surface area contributed by atoms with Gasteiger partial charge in [0.05, 0.1) is 5.92 Å². The number of carbonyl (C=O) groups excluding carboxylic acids is 1. The van der Waals surface area contributed by atoms with Crippen molar-refractivity contribution < 1.29 is 9.18 Å². The summed E-state index contributed by atoms with van der Waals surface area (Å²) >= 11 is 0. The van der Waals surface area contributed by atoms with E-state index >= 15 is 0 Å². The van der Waals surface area contributed by atoms with E-state index in [1.807, 2.05) is 6.07 Å². The number of nitrogens with zero attached hydrogens (tertiary/aromatic N) is 4. The maximum atomic E-state index is 13.3. The number of nitrogens with one attached hydrogen (secondary N) is 1. The highest BCUT2D eigenvalue weighted by Gasteiger charge is 2.26. The molecule has 1 aromatic heterocycles. The van der Waals surface area contributed by atoms with E-state index in [1.54, 1.807) is 18.3 Å². The Labute approximate surface area is 200 Å². The summed E-state index contributed by atoms with van der Waals surface area (Å²) in [5, 5.41) is 3.11. The molecule has 0 radical (unpaired) electrons. The van der Waals surface area contributed by atoms with Crippen LogP contribution < -0.4 is 15.1 Å². The fourth-order valence-corrected chi connectivity index (χ4v) is 4.41. The van der Waals surface area contributed by atoms with E-state index in [4.69, 9.17) is 0 Å². The number of rotatable bonds is 8. The van der Waals surface area contributed by atoms with Crippen molar-refractivity contribution in [3.63, 3.8) is 0 Å². The van der Waals surface area contributed by atoms with Gasteiger partial charge in [0.15, 0.2) is 5.82 Å². The minimum absolute atomic E-state index is 0.0744. The second-order valence-corrected chi connectivity index (χ2v) is 8.59. The van der Waals surface area contributed by atoms with Crippen molar-refractivity contribution in [1.29, 1.82) is 0 Å². The van der Waals surface area contributed by atoms with Gasteiger partial charge in [-0.3, -0.25) is 4.79 Å². The zero-order chi connectivity index (χ0) is 23.9. The van der Waals surface area contributed by atoms with Crippen LogP contribution in [0.15, 0.2) is 60.8 Å². The summed E-state index contributed by atoms with van der Waals surface area (Å²) in [5.74, 6) is 1.04. The number of carbonyl (C=O) groups is 1. The number of benzene rings is 2. The molecule has 178 valence electrons. The van der Waals surface area contributed by atoms with Crippen molar-refractivity contribution in [2.45, 2.75) is 33.2 Å². The first-order valence-corrected chi connectivity index (χ1v) is 12.0. The zero-order valence-corrected chi connectivity index (χ0v) is 19.9. The van der Waals surface area contributed by atoms with Gasteiger partial charge in [0, 0.05) is 50.2 Å². The molecule has 1 amide bonds. The average molecular weight is 462 g/mol. The van der Waals surface area contributed by atoms with E-state index in [-0.39, 0.29) is 17.6 Å². The number of hydrogen-bond acceptors (Lipinski definition) is 5. The molecule has 1 aliphatic heterocycles. The zero-order valence-electron chi connectivity index (χ0n) is 19.9. The molecule has 1 saturated heterocycles. The van der Waals surface area contributed by atoms with Crippen molar-refractivity contribution in [1.82, 2.24) is 15.3 Å². The third-order valence-electron chi connectivity index (χ3n) is 6.39. The van der Waals surface area contributed by atoms with Gasteiger partial charge in [-0.1, -0.05) is 12.1 Å². The van der Waals surface area contributed by atoms with Gasteiger partial charge in [-0.25, -0.2) is 14.4 Å². The van der Waals surface area contributed by atoms with E-state index < -0.39 is 0 Å². The molecular weight excluding hydrogens is 429 g/mol. The molecule has 1 N–H and O–H groups in total. The molecule has 6 nitrogen and oxygen atoms in total. The lowest BCUT2D eigenvalue weighted by molar-refractivity contribution is -0.125. The number of anilines is 2. The van der Waals surface area contributed by atoms with Crippen LogP contribution >= 0.6 is 0 Å². The fourth-order valence-electron chi connectivity index (χ4n) is 4.41. The minimum Gasteiger partial charge on any atom is -0.372 e. The number of hydrogen-bond donors (Lipinski definition) is 1. The van der Waals surface area contributed by atoms with Gasteiger partial charge in [-0.2, -0.15) is 0 Å². The van der Waals surface area contributed by atoms with Crippen LogP contribution in [0.5, 0.6) is 0 Å². The highest BCUT2D eigenvalue weighted by molar-refractivity contribution is 5.79. The number of aromatic nitrogens is 2. The smallest absolute Gasteiger partial charge is 0.225 e. The lowest BCUT2D eigenvalue weighted by Crippen LogP contribution is -2.43. The van der Waals surface area contributed by atoms with E-state index in [9.17, 15) is 9.18 Å². The summed E-state index contributed by atoms with van der Waals surface area (Å²) in [6, 6.07) is 16.4. The van der Waals surface area contributed by atoms with Crippen LogP contribution in [-0.4, -0.2) is 42.1 Å². The molecule has 0 saturated carbocycles. The quantitative estimate of drug-likeness (QED) is 0.529. The Balaban J connectivity index is 1.36. The predicted octanol–water partition coefficient (Wildman–Crippen LogP) is 4.66. The van der Waals surface area contributed by atoms with Gasteiger partial charge in [-0.15, -0.1) is 0 Å². The summed E-state index contributed by atoms with van der Waals surface area (Å²) < 4.78 is 13.3. The van der Waals surface area contributed by atoms with Crippen LogP contribution in [0.4, 0.5) is 15.9 Å². The third kappa shape index (κ3) is 5.71. The van der Waals surface area contributed by atoms with Gasteiger partial charge < -0.3 is 15.1 Å². The molecule has 0 unspecified atom stereocenters. The fraction of sp³-hybridized carbons (Fsp3) is 0.370. The first kappa shape index (κ1) is 23.7. The molecule has 7 heteroatoms. The van der Waals surface area contributed by atoms with Crippen molar-refractivity contribution in [2.24, 2.45) is 5.92 Å². The van der Waals surface area contributed by atoms with Gasteiger partial charge in [0.1, 0.15) is 11.6 Å². The normalized spacial score (nSPS) is 15.7. The first-order valence-electron chi connectivity index (χ1n) is 12.0. The van der Waals surface area contributed by atoms with Crippen molar-refractivity contribution >= 4 is 17.4 Å². The molecule has 4 rings (SSSR count). The summed E-state index contributed by atoms with van der Waals surface area (Å²) in [5.41, 5.74) is 3.06. The topological polar surface area (TPSA) is 61.4 Å². The predicted molar refractivity (Wildman–Crippen MR) is 134 cm³/mol. The first-order chi connectivity index (χ1) is 16.6. The molecule has 2 heterocycles. The van der Waals surface area contributed by atoms with Crippen LogP contribution in [0.3, 0.4) is 0 Å². The SMILES string of the molecule is CCN(CC)c1ccc(CNC(=O)[C@H]2CCCN(c3ccnc(-c4ccc(F)cc4)n3)C2)cc1. The third-order valence-corrected chi connectivity index (χ3v) is 6.39. The molecule has 1 fully saturated rings. The molecule has 0 aliphatic carbocycles. The monoisotopic (exact) mass is 461 g/mol. The minimum atomic E-state index is -0.287. The largest absolute Gasteiger partial charge is 0.372 e. The van der Waals surface area contributed by atoms with Crippen LogP contribution in [0.2, 0.25) is 0 Å². The Kier molecular flexibility index (Phi) is 7.72. The van der Waals surface area contributed by atoms with E-state index in [2.05, 4.69) is 63.2 Å². The molecule has 1 aliphatic rings. The highest BCUT2D eigenvalue weighted by atomic mass is 19.1. The summed E-state index contributed by atoms with van der Waals surface area (Å²) in [6.07, 6.45) is 3.50. The molecule has 1 atom stereocenters. The molecule has 0 bridgehead atoms. The summed E-state index contributed by atoms with van der Waals surface area (Å²) in [6.45, 7) is 8.23. The standard InChI is InChI=1S/C27H32FN5O/c1-3-32(4-2)24-13-7-20(8-14-24)18-30-27(34)22-6-5-17-33(19-22)25-15-16-29-26(31-25)21-9-11-23(28)12-10-21/h7-16,22H,3-6,17-19H2,1-2H3,(H,30,34)/t22-/m0/s1. The van der Waals surface area contributed by atoms with Crippen molar-refractivity contribution in [3.05, 3.63) is 72.2 Å². The van der Waals surface area contributed by atoms with E-state index in [0.29, 0.717) is 18.9 Å². The lowest BCUT2D eigenvalue weighted by atomic mass is 9.97. The van der Waals surface area contributed by atoms with Gasteiger partial charge >= 0.3 is 0 Å².